The van der Waals surface area contributed by atoms with Gasteiger partial charge in [-0.05, 0) is 24.3 Å². The second-order valence-corrected chi connectivity index (χ2v) is 11.0. The maximum Gasteiger partial charge on any atom is 0.348 e. The summed E-state index contributed by atoms with van der Waals surface area (Å²) >= 11 is 0. The van der Waals surface area contributed by atoms with Crippen LogP contribution >= 0.6 is 0 Å². The van der Waals surface area contributed by atoms with E-state index in [9.17, 15) is 59.8 Å². The van der Waals surface area contributed by atoms with Gasteiger partial charge in [0.25, 0.3) is 31.4 Å². The quantitative estimate of drug-likeness (QED) is 0.148. The van der Waals surface area contributed by atoms with Gasteiger partial charge in [-0.2, -0.15) is 0 Å². The van der Waals surface area contributed by atoms with Gasteiger partial charge in [-0.3, -0.25) is 20.2 Å². The Kier molecular flexibility index (Phi) is 7.09. The molecule has 0 aliphatic carbocycles. The molecule has 1 aliphatic rings. The minimum absolute atomic E-state index is 0.557. The number of amides is 2. The lowest BCUT2D eigenvalue weighted by molar-refractivity contribution is -0.385. The smallest absolute Gasteiger partial charge is 0.258 e. The number of hydrogen-bond acceptors (Lipinski definition) is 11. The third-order valence-electron chi connectivity index (χ3n) is 5.12. The third kappa shape index (κ3) is 4.75. The molecule has 1 fully saturated rings. The minimum atomic E-state index is -5.34. The number of urea groups is 1. The number of halogens is 4. The summed E-state index contributed by atoms with van der Waals surface area (Å²) in [7, 11) is -10.7. The third-order valence-corrected chi connectivity index (χ3v) is 8.59. The van der Waals surface area contributed by atoms with Crippen molar-refractivity contribution in [3.63, 3.8) is 0 Å². The predicted octanol–water partition coefficient (Wildman–Crippen LogP) is 2.16. The number of rotatable bonds is 8. The molecule has 2 amide bonds. The average Bonchev–Trinajstić information content (AvgIpc) is 2.83. The molecule has 0 aromatic heterocycles. The van der Waals surface area contributed by atoms with Crippen LogP contribution in [0.4, 0.5) is 34.1 Å². The number of carbonyl (C=O) groups is 1. The Hall–Kier alpha value is -3.95. The van der Waals surface area contributed by atoms with Crippen molar-refractivity contribution < 1.29 is 49.4 Å². The van der Waals surface area contributed by atoms with Gasteiger partial charge in [0, 0.05) is 24.3 Å². The van der Waals surface area contributed by atoms with Gasteiger partial charge in [0.15, 0.2) is 0 Å². The first-order chi connectivity index (χ1) is 17.1. The van der Waals surface area contributed by atoms with Crippen molar-refractivity contribution in [2.45, 2.75) is 15.5 Å². The molecule has 37 heavy (non-hydrogen) atoms. The van der Waals surface area contributed by atoms with Crippen molar-refractivity contribution in [1.82, 2.24) is 19.3 Å². The molecule has 0 radical (unpaired) electrons. The molecule has 0 atom stereocenters. The summed E-state index contributed by atoms with van der Waals surface area (Å²) in [6.07, 6.45) is 0. The zero-order chi connectivity index (χ0) is 27.9. The largest absolute Gasteiger partial charge is 0.348 e. The van der Waals surface area contributed by atoms with Gasteiger partial charge in [0.1, 0.15) is 0 Å². The Morgan fingerprint density at radius 1 is 0.703 bits per heavy atom. The molecule has 3 rings (SSSR count). The first-order valence-corrected chi connectivity index (χ1v) is 12.3. The van der Waals surface area contributed by atoms with E-state index in [-0.39, 0.29) is 0 Å². The number of carbonyl (C=O) groups excluding carboxylic acids is 1. The summed E-state index contributed by atoms with van der Waals surface area (Å²) in [5.41, 5.74) is -5.22. The van der Waals surface area contributed by atoms with Gasteiger partial charge in [-0.15, -0.1) is 0 Å². The molecule has 0 spiro atoms. The fourth-order valence-electron chi connectivity index (χ4n) is 3.15. The maximum atomic E-state index is 13.8. The fraction of sp³-hybridized carbons (Fsp3) is 0.188. The molecule has 0 bridgehead atoms. The van der Waals surface area contributed by atoms with Crippen LogP contribution in [-0.4, -0.2) is 70.8 Å². The van der Waals surface area contributed by atoms with E-state index in [1.54, 1.807) is 0 Å². The van der Waals surface area contributed by atoms with E-state index < -0.39 is 95.1 Å². The van der Waals surface area contributed by atoms with E-state index in [1.165, 1.54) is 0 Å². The summed E-state index contributed by atoms with van der Waals surface area (Å²) in [5, 5.41) is 17.2. The van der Waals surface area contributed by atoms with Crippen molar-refractivity contribution >= 4 is 37.5 Å². The molecule has 0 unspecified atom stereocenters. The molecular weight excluding hydrogens is 560 g/mol. The molecular formula is C16H12F4N6O9S2. The Bertz CT molecular complexity index is 1350. The van der Waals surface area contributed by atoms with Crippen molar-refractivity contribution in [3.05, 3.63) is 68.8 Å². The van der Waals surface area contributed by atoms with E-state index in [4.69, 9.17) is 0 Å². The maximum absolute atomic E-state index is 13.8. The van der Waals surface area contributed by atoms with Crippen LogP contribution in [-0.2, 0) is 20.0 Å². The standard InChI is InChI=1S/C16H12F4N6O9S2/c17-25(18)16(26(19)20)9-21(36(32,33)13-5-1-11(2-6-13)23(28)29)15(27)22(10-16)37(34,35)14-7-3-12(4-8-14)24(30)31/h1-8H,9-10H2. The van der Waals surface area contributed by atoms with Crippen LogP contribution in [0.1, 0.15) is 0 Å². The van der Waals surface area contributed by atoms with Gasteiger partial charge in [-0.25, -0.2) is 30.2 Å². The summed E-state index contributed by atoms with van der Waals surface area (Å²) < 4.78 is 106. The highest BCUT2D eigenvalue weighted by Crippen LogP contribution is 2.36. The Morgan fingerprint density at radius 3 is 1.24 bits per heavy atom. The Morgan fingerprint density at radius 2 is 1.00 bits per heavy atom. The van der Waals surface area contributed by atoms with Crippen molar-refractivity contribution in [1.29, 1.82) is 0 Å². The van der Waals surface area contributed by atoms with Crippen molar-refractivity contribution in [2.24, 2.45) is 0 Å². The number of sulfonamides is 2. The second kappa shape index (κ2) is 9.49. The van der Waals surface area contributed by atoms with Crippen LogP contribution in [0.3, 0.4) is 0 Å². The molecule has 1 aliphatic heterocycles. The zero-order valence-electron chi connectivity index (χ0n) is 17.7. The summed E-state index contributed by atoms with van der Waals surface area (Å²) in [5.74, 6) is 0. The van der Waals surface area contributed by atoms with Gasteiger partial charge in [0.2, 0.25) is 5.66 Å². The highest BCUT2D eigenvalue weighted by atomic mass is 32.2. The minimum Gasteiger partial charge on any atom is -0.258 e. The number of benzene rings is 2. The lowest BCUT2D eigenvalue weighted by Crippen LogP contribution is -2.71. The molecule has 15 nitrogen and oxygen atoms in total. The van der Waals surface area contributed by atoms with E-state index in [0.717, 1.165) is 0 Å². The van der Waals surface area contributed by atoms with Crippen LogP contribution in [0, 0.1) is 20.2 Å². The van der Waals surface area contributed by atoms with Gasteiger partial charge < -0.3 is 0 Å². The van der Waals surface area contributed by atoms with E-state index >= 15 is 0 Å². The van der Waals surface area contributed by atoms with Gasteiger partial charge in [0.05, 0.1) is 43.4 Å². The summed E-state index contributed by atoms with van der Waals surface area (Å²) in [4.78, 5) is 30.9. The molecule has 21 heteroatoms. The van der Waals surface area contributed by atoms with E-state index in [1.807, 2.05) is 0 Å². The number of nitro benzene ring substituents is 2. The number of non-ortho nitro benzene ring substituents is 2. The molecule has 2 aromatic carbocycles. The SMILES string of the molecule is O=C1N(S(=O)(=O)c2ccc([N+](=O)[O-])cc2)CC(N(F)F)(N(F)F)CN1S(=O)(=O)c1ccc([N+](=O)[O-])cc1. The predicted molar refractivity (Wildman–Crippen MR) is 110 cm³/mol. The molecule has 0 saturated carbocycles. The highest BCUT2D eigenvalue weighted by molar-refractivity contribution is 7.91. The normalized spacial score (nSPS) is 16.3. The zero-order valence-corrected chi connectivity index (χ0v) is 19.4. The van der Waals surface area contributed by atoms with Gasteiger partial charge >= 0.3 is 6.03 Å². The Labute approximate surface area is 203 Å². The topological polar surface area (TPSA) is 185 Å². The number of nitro groups is 2. The molecule has 200 valence electrons. The molecule has 1 heterocycles. The van der Waals surface area contributed by atoms with Crippen LogP contribution in [0.15, 0.2) is 58.3 Å². The molecule has 2 aromatic rings. The van der Waals surface area contributed by atoms with Crippen LogP contribution < -0.4 is 0 Å². The number of nitrogens with zero attached hydrogens (tertiary/aromatic N) is 6. The first kappa shape index (κ1) is 27.6. The highest BCUT2D eigenvalue weighted by Gasteiger charge is 2.60. The lowest BCUT2D eigenvalue weighted by Gasteiger charge is -2.44. The van der Waals surface area contributed by atoms with Crippen LogP contribution in [0.25, 0.3) is 0 Å². The van der Waals surface area contributed by atoms with Gasteiger partial charge in [-0.1, -0.05) is 17.9 Å². The molecule has 1 saturated heterocycles. The summed E-state index contributed by atoms with van der Waals surface area (Å²) in [6.45, 7) is -3.92. The lowest BCUT2D eigenvalue weighted by atomic mass is 10.1. The average molecular weight is 572 g/mol. The van der Waals surface area contributed by atoms with Crippen molar-refractivity contribution in [3.8, 4) is 0 Å². The van der Waals surface area contributed by atoms with Crippen LogP contribution in [0.5, 0.6) is 0 Å². The van der Waals surface area contributed by atoms with E-state index in [2.05, 4.69) is 0 Å². The molecule has 0 N–H and O–H groups in total. The first-order valence-electron chi connectivity index (χ1n) is 9.37. The number of hydrogen-bond donors (Lipinski definition) is 0. The van der Waals surface area contributed by atoms with Crippen molar-refractivity contribution in [2.75, 3.05) is 13.1 Å². The second-order valence-electron chi connectivity index (χ2n) is 7.26. The van der Waals surface area contributed by atoms with E-state index in [0.29, 0.717) is 48.5 Å². The fourth-order valence-corrected chi connectivity index (χ4v) is 6.03. The Balaban J connectivity index is 2.17. The summed E-state index contributed by atoms with van der Waals surface area (Å²) in [6, 6.07) is 2.93. The monoisotopic (exact) mass is 572 g/mol. The van der Waals surface area contributed by atoms with Crippen LogP contribution in [0.2, 0.25) is 0 Å².